The number of nitrogens with one attached hydrogen (secondary N) is 1. The molecule has 0 aromatic carbocycles. The van der Waals surface area contributed by atoms with Crippen LogP contribution in [0.5, 0.6) is 0 Å². The molecule has 1 aliphatic rings. The number of furan rings is 1. The Morgan fingerprint density at radius 2 is 2.21 bits per heavy atom. The summed E-state index contributed by atoms with van der Waals surface area (Å²) in [5, 5.41) is 3.36. The highest BCUT2D eigenvalue weighted by atomic mass is 16.3. The second kappa shape index (κ2) is 7.11. The fourth-order valence-corrected chi connectivity index (χ4v) is 2.80. The summed E-state index contributed by atoms with van der Waals surface area (Å²) in [6.45, 7) is 11.9. The first-order chi connectivity index (χ1) is 9.19. The molecule has 2 rings (SSSR count). The van der Waals surface area contributed by atoms with E-state index < -0.39 is 0 Å². The summed E-state index contributed by atoms with van der Waals surface area (Å²) < 4.78 is 5.90. The summed E-state index contributed by atoms with van der Waals surface area (Å²) in [5.74, 6) is 3.08. The summed E-state index contributed by atoms with van der Waals surface area (Å²) in [7, 11) is 0. The van der Waals surface area contributed by atoms with E-state index in [1.54, 1.807) is 0 Å². The largest absolute Gasteiger partial charge is 0.465 e. The molecule has 1 aliphatic heterocycles. The smallest absolute Gasteiger partial charge is 0.118 e. The zero-order valence-corrected chi connectivity index (χ0v) is 12.7. The van der Waals surface area contributed by atoms with Gasteiger partial charge in [0, 0.05) is 12.1 Å². The van der Waals surface area contributed by atoms with E-state index in [1.807, 2.05) is 0 Å². The second-order valence-corrected chi connectivity index (χ2v) is 5.89. The maximum absolute atomic E-state index is 5.90. The van der Waals surface area contributed by atoms with Gasteiger partial charge in [-0.1, -0.05) is 13.8 Å². The Bertz CT molecular complexity index is 386. The van der Waals surface area contributed by atoms with E-state index in [4.69, 9.17) is 4.42 Å². The van der Waals surface area contributed by atoms with Crippen LogP contribution in [0.3, 0.4) is 0 Å². The van der Waals surface area contributed by atoms with Crippen molar-refractivity contribution < 1.29 is 4.42 Å². The molecule has 1 fully saturated rings. The first kappa shape index (κ1) is 14.6. The zero-order valence-electron chi connectivity index (χ0n) is 12.7. The van der Waals surface area contributed by atoms with Crippen LogP contribution in [0.4, 0.5) is 0 Å². The van der Waals surface area contributed by atoms with Gasteiger partial charge in [0.2, 0.25) is 0 Å². The topological polar surface area (TPSA) is 28.4 Å². The molecule has 0 saturated carbocycles. The van der Waals surface area contributed by atoms with Crippen LogP contribution >= 0.6 is 0 Å². The average molecular weight is 264 g/mol. The van der Waals surface area contributed by atoms with E-state index in [-0.39, 0.29) is 0 Å². The minimum atomic E-state index is 0.882. The van der Waals surface area contributed by atoms with Crippen LogP contribution < -0.4 is 5.32 Å². The number of hydrogen-bond acceptors (Lipinski definition) is 3. The fourth-order valence-electron chi connectivity index (χ4n) is 2.80. The van der Waals surface area contributed by atoms with Crippen molar-refractivity contribution in [3.05, 3.63) is 23.2 Å². The third-order valence-corrected chi connectivity index (χ3v) is 4.13. The molecule has 2 heterocycles. The van der Waals surface area contributed by atoms with Crippen molar-refractivity contribution in [2.24, 2.45) is 5.92 Å². The van der Waals surface area contributed by atoms with Crippen molar-refractivity contribution in [1.29, 1.82) is 0 Å². The van der Waals surface area contributed by atoms with Crippen LogP contribution in [0, 0.1) is 12.8 Å². The lowest BCUT2D eigenvalue weighted by Crippen LogP contribution is -2.23. The highest BCUT2D eigenvalue weighted by Crippen LogP contribution is 2.20. The molecular formula is C16H28N2O. The molecule has 1 saturated heterocycles. The van der Waals surface area contributed by atoms with Crippen LogP contribution in [-0.2, 0) is 13.1 Å². The maximum atomic E-state index is 5.90. The van der Waals surface area contributed by atoms with Gasteiger partial charge < -0.3 is 9.73 Å². The summed E-state index contributed by atoms with van der Waals surface area (Å²) in [4.78, 5) is 2.54. The molecule has 0 amide bonds. The van der Waals surface area contributed by atoms with Gasteiger partial charge in [-0.25, -0.2) is 0 Å². The van der Waals surface area contributed by atoms with Crippen LogP contribution in [0.15, 0.2) is 10.5 Å². The van der Waals surface area contributed by atoms with E-state index in [0.29, 0.717) is 0 Å². The zero-order chi connectivity index (χ0) is 13.7. The van der Waals surface area contributed by atoms with E-state index in [1.165, 1.54) is 37.9 Å². The van der Waals surface area contributed by atoms with Gasteiger partial charge in [0.15, 0.2) is 0 Å². The van der Waals surface area contributed by atoms with E-state index >= 15 is 0 Å². The Morgan fingerprint density at radius 3 is 3.00 bits per heavy atom. The Balaban J connectivity index is 1.91. The highest BCUT2D eigenvalue weighted by Gasteiger charge is 2.16. The molecule has 1 N–H and O–H groups in total. The molecule has 3 heteroatoms. The van der Waals surface area contributed by atoms with Gasteiger partial charge in [-0.05, 0) is 57.8 Å². The van der Waals surface area contributed by atoms with Crippen molar-refractivity contribution in [3.63, 3.8) is 0 Å². The Labute approximate surface area is 117 Å². The van der Waals surface area contributed by atoms with Gasteiger partial charge in [0.05, 0.1) is 6.54 Å². The van der Waals surface area contributed by atoms with Gasteiger partial charge in [0.1, 0.15) is 11.5 Å². The van der Waals surface area contributed by atoms with Crippen molar-refractivity contribution >= 4 is 0 Å². The lowest BCUT2D eigenvalue weighted by atomic mass is 10.0. The molecule has 0 bridgehead atoms. The number of nitrogens with zero attached hydrogens (tertiary/aromatic N) is 1. The second-order valence-electron chi connectivity index (χ2n) is 5.89. The summed E-state index contributed by atoms with van der Waals surface area (Å²) in [6.07, 6.45) is 4.02. The Kier molecular flexibility index (Phi) is 5.46. The molecule has 1 unspecified atom stereocenters. The van der Waals surface area contributed by atoms with Gasteiger partial charge >= 0.3 is 0 Å². The normalized spacial score (nSPS) is 21.5. The van der Waals surface area contributed by atoms with Gasteiger partial charge in [-0.15, -0.1) is 0 Å². The third-order valence-electron chi connectivity index (χ3n) is 4.13. The monoisotopic (exact) mass is 264 g/mol. The molecule has 1 aromatic rings. The average Bonchev–Trinajstić information content (AvgIpc) is 2.59. The predicted molar refractivity (Wildman–Crippen MR) is 79.1 cm³/mol. The first-order valence-corrected chi connectivity index (χ1v) is 7.70. The fraction of sp³-hybridized carbons (Fsp3) is 0.750. The van der Waals surface area contributed by atoms with Crippen LogP contribution in [0.1, 0.15) is 50.2 Å². The molecule has 1 atom stereocenters. The van der Waals surface area contributed by atoms with E-state index in [9.17, 15) is 0 Å². The molecule has 3 nitrogen and oxygen atoms in total. The van der Waals surface area contributed by atoms with Crippen LogP contribution in [-0.4, -0.2) is 24.5 Å². The number of hydrogen-bond donors (Lipinski definition) is 1. The maximum Gasteiger partial charge on any atom is 0.118 e. The van der Waals surface area contributed by atoms with Gasteiger partial charge in [-0.2, -0.15) is 0 Å². The molecule has 0 spiro atoms. The van der Waals surface area contributed by atoms with Crippen LogP contribution in [0.2, 0.25) is 0 Å². The lowest BCUT2D eigenvalue weighted by Gasteiger charge is -2.18. The predicted octanol–water partition coefficient (Wildman–Crippen LogP) is 3.32. The van der Waals surface area contributed by atoms with Crippen molar-refractivity contribution in [2.75, 3.05) is 19.6 Å². The minimum absolute atomic E-state index is 0.882. The SMILES string of the molecule is CCNCc1cc(CN2CCCC(C)CC2)oc1C. The Hall–Kier alpha value is -0.800. The van der Waals surface area contributed by atoms with E-state index in [0.717, 1.165) is 37.1 Å². The quantitative estimate of drug-likeness (QED) is 0.884. The van der Waals surface area contributed by atoms with Crippen molar-refractivity contribution in [3.8, 4) is 0 Å². The molecule has 0 radical (unpaired) electrons. The number of aryl methyl sites for hydroxylation is 1. The van der Waals surface area contributed by atoms with E-state index in [2.05, 4.69) is 37.1 Å². The summed E-state index contributed by atoms with van der Waals surface area (Å²) in [5.41, 5.74) is 1.31. The lowest BCUT2D eigenvalue weighted by molar-refractivity contribution is 0.249. The van der Waals surface area contributed by atoms with Crippen molar-refractivity contribution in [1.82, 2.24) is 10.2 Å². The van der Waals surface area contributed by atoms with Gasteiger partial charge in [0.25, 0.3) is 0 Å². The Morgan fingerprint density at radius 1 is 1.37 bits per heavy atom. The molecule has 1 aromatic heterocycles. The summed E-state index contributed by atoms with van der Waals surface area (Å²) >= 11 is 0. The molecular weight excluding hydrogens is 236 g/mol. The third kappa shape index (κ3) is 4.36. The highest BCUT2D eigenvalue weighted by molar-refractivity contribution is 5.20. The molecule has 19 heavy (non-hydrogen) atoms. The van der Waals surface area contributed by atoms with Crippen LogP contribution in [0.25, 0.3) is 0 Å². The number of likely N-dealkylation sites (tertiary alicyclic amines) is 1. The minimum Gasteiger partial charge on any atom is -0.465 e. The van der Waals surface area contributed by atoms with Crippen molar-refractivity contribution in [2.45, 2.75) is 53.1 Å². The summed E-state index contributed by atoms with van der Waals surface area (Å²) in [6, 6.07) is 2.23. The standard InChI is InChI=1S/C16H28N2O/c1-4-17-11-15-10-16(19-14(15)3)12-18-8-5-6-13(2)7-9-18/h10,13,17H,4-9,11-12H2,1-3H3. The first-order valence-electron chi connectivity index (χ1n) is 7.70. The molecule has 0 aliphatic carbocycles. The molecule has 108 valence electrons. The van der Waals surface area contributed by atoms with Gasteiger partial charge in [-0.3, -0.25) is 4.90 Å². The number of rotatable bonds is 5.